The van der Waals surface area contributed by atoms with Crippen LogP contribution in [0, 0.1) is 0 Å². The van der Waals surface area contributed by atoms with Crippen molar-refractivity contribution in [3.63, 3.8) is 0 Å². The minimum Gasteiger partial charge on any atom is -0.490 e. The highest BCUT2D eigenvalue weighted by atomic mass is 79.9. The van der Waals surface area contributed by atoms with Crippen molar-refractivity contribution in [2.75, 3.05) is 0 Å². The van der Waals surface area contributed by atoms with E-state index in [0.29, 0.717) is 6.10 Å². The summed E-state index contributed by atoms with van der Waals surface area (Å²) in [5.74, 6) is 1.05. The molecule has 0 bridgehead atoms. The van der Waals surface area contributed by atoms with Crippen LogP contribution in [-0.4, -0.2) is 6.10 Å². The molecule has 1 aromatic rings. The molecule has 1 aromatic carbocycles. The van der Waals surface area contributed by atoms with Gasteiger partial charge in [-0.15, -0.1) is 0 Å². The third kappa shape index (κ3) is 2.18. The number of hydrogen-bond acceptors (Lipinski definition) is 2. The fourth-order valence-corrected chi connectivity index (χ4v) is 3.16. The second-order valence-corrected chi connectivity index (χ2v) is 6.35. The Morgan fingerprint density at radius 1 is 1.47 bits per heavy atom. The summed E-state index contributed by atoms with van der Waals surface area (Å²) in [6.07, 6.45) is 1.39. The third-order valence-electron chi connectivity index (χ3n) is 2.90. The summed E-state index contributed by atoms with van der Waals surface area (Å²) < 4.78 is 5.84. The number of fused-ring (bicyclic) bond motifs is 1. The van der Waals surface area contributed by atoms with E-state index >= 15 is 0 Å². The summed E-state index contributed by atoms with van der Waals surface area (Å²) in [4.78, 5) is 1.24. The molecule has 1 heterocycles. The Balaban J connectivity index is 2.48. The summed E-state index contributed by atoms with van der Waals surface area (Å²) in [6.45, 7) is 6.71. The van der Waals surface area contributed by atoms with E-state index < -0.39 is 0 Å². The molecule has 0 aromatic heterocycles. The van der Waals surface area contributed by atoms with E-state index in [1.54, 1.807) is 10.2 Å². The Morgan fingerprint density at radius 3 is 2.87 bits per heavy atom. The van der Waals surface area contributed by atoms with Crippen LogP contribution in [0.3, 0.4) is 0 Å². The Hall–Kier alpha value is -0.150. The van der Waals surface area contributed by atoms with Gasteiger partial charge in [-0.3, -0.25) is 0 Å². The van der Waals surface area contributed by atoms with Gasteiger partial charge in [0.2, 0.25) is 0 Å². The maximum atomic E-state index is 5.84. The van der Waals surface area contributed by atoms with E-state index in [9.17, 15) is 0 Å². The molecular formula is C12H15BrOS. The predicted octanol–water partition coefficient (Wildman–Crippen LogP) is 4.54. The maximum Gasteiger partial charge on any atom is 0.123 e. The quantitative estimate of drug-likeness (QED) is 0.750. The van der Waals surface area contributed by atoms with E-state index in [2.05, 4.69) is 53.8 Å². The second kappa shape index (κ2) is 4.02. The second-order valence-electron chi connectivity index (χ2n) is 4.75. The van der Waals surface area contributed by atoms with Crippen molar-refractivity contribution in [2.24, 2.45) is 0 Å². The molecule has 1 nitrogen and oxygen atoms in total. The Kier molecular flexibility index (Phi) is 3.04. The van der Waals surface area contributed by atoms with Gasteiger partial charge in [-0.05, 0) is 62.0 Å². The van der Waals surface area contributed by atoms with E-state index in [-0.39, 0.29) is 5.41 Å². The first-order chi connectivity index (χ1) is 7.03. The van der Waals surface area contributed by atoms with Crippen molar-refractivity contribution in [2.45, 2.75) is 43.6 Å². The van der Waals surface area contributed by atoms with Crippen molar-refractivity contribution >= 4 is 25.0 Å². The number of rotatable bonds is 1. The third-order valence-corrected chi connectivity index (χ3v) is 4.45. The monoisotopic (exact) mass is 286 g/mol. The summed E-state index contributed by atoms with van der Waals surface area (Å²) in [6, 6.07) is 6.39. The van der Waals surface area contributed by atoms with Gasteiger partial charge in [0.05, 0.1) is 6.10 Å². The topological polar surface area (TPSA) is 9.23 Å². The lowest BCUT2D eigenvalue weighted by atomic mass is 9.78. The van der Waals surface area contributed by atoms with Crippen molar-refractivity contribution < 1.29 is 4.74 Å². The first kappa shape index (κ1) is 11.3. The molecule has 82 valence electrons. The molecule has 0 spiro atoms. The van der Waals surface area contributed by atoms with Gasteiger partial charge in [0.15, 0.2) is 0 Å². The fraction of sp³-hybridized carbons (Fsp3) is 0.500. The minimum absolute atomic E-state index is 0.214. The van der Waals surface area contributed by atoms with Crippen molar-refractivity contribution in [3.05, 3.63) is 23.8 Å². The molecule has 2 rings (SSSR count). The van der Waals surface area contributed by atoms with Gasteiger partial charge in [0.1, 0.15) is 5.75 Å². The lowest BCUT2D eigenvalue weighted by molar-refractivity contribution is 0.150. The SMILES string of the molecule is CC1CC(C)(C)c2cc(SBr)ccc2O1. The zero-order chi connectivity index (χ0) is 11.1. The molecular weight excluding hydrogens is 272 g/mol. The van der Waals surface area contributed by atoms with Crippen molar-refractivity contribution in [1.29, 1.82) is 0 Å². The van der Waals surface area contributed by atoms with E-state index in [0.717, 1.165) is 12.2 Å². The molecule has 0 fully saturated rings. The number of halogens is 1. The first-order valence-electron chi connectivity index (χ1n) is 5.13. The van der Waals surface area contributed by atoms with Crippen LogP contribution in [0.1, 0.15) is 32.8 Å². The van der Waals surface area contributed by atoms with Gasteiger partial charge in [0, 0.05) is 10.5 Å². The van der Waals surface area contributed by atoms with Crippen LogP contribution in [0.4, 0.5) is 0 Å². The van der Waals surface area contributed by atoms with Crippen LogP contribution < -0.4 is 4.74 Å². The lowest BCUT2D eigenvalue weighted by Crippen LogP contribution is -2.32. The normalized spacial score (nSPS) is 23.1. The van der Waals surface area contributed by atoms with Gasteiger partial charge in [0.25, 0.3) is 0 Å². The van der Waals surface area contributed by atoms with Crippen LogP contribution in [0.5, 0.6) is 5.75 Å². The molecule has 1 unspecified atom stereocenters. The summed E-state index contributed by atoms with van der Waals surface area (Å²) in [5, 5.41) is 0. The average Bonchev–Trinajstić information content (AvgIpc) is 2.16. The van der Waals surface area contributed by atoms with Gasteiger partial charge in [-0.2, -0.15) is 0 Å². The summed E-state index contributed by atoms with van der Waals surface area (Å²) in [7, 11) is 1.60. The molecule has 1 atom stereocenters. The van der Waals surface area contributed by atoms with Crippen molar-refractivity contribution in [3.8, 4) is 5.75 Å². The van der Waals surface area contributed by atoms with Crippen LogP contribution in [0.15, 0.2) is 23.1 Å². The molecule has 0 saturated heterocycles. The number of benzene rings is 1. The molecule has 1 aliphatic rings. The molecule has 0 amide bonds. The Labute approximate surface area is 103 Å². The highest BCUT2D eigenvalue weighted by Gasteiger charge is 2.32. The first-order valence-corrected chi connectivity index (χ1v) is 7.78. The van der Waals surface area contributed by atoms with E-state index in [1.807, 2.05) is 0 Å². The predicted molar refractivity (Wildman–Crippen MR) is 69.0 cm³/mol. The van der Waals surface area contributed by atoms with Crippen LogP contribution in [0.25, 0.3) is 0 Å². The lowest BCUT2D eigenvalue weighted by Gasteiger charge is -2.36. The highest BCUT2D eigenvalue weighted by Crippen LogP contribution is 2.42. The zero-order valence-electron chi connectivity index (χ0n) is 9.21. The van der Waals surface area contributed by atoms with Crippen LogP contribution in [0.2, 0.25) is 0 Å². The fourth-order valence-electron chi connectivity index (χ4n) is 2.28. The average molecular weight is 287 g/mol. The maximum absolute atomic E-state index is 5.84. The molecule has 1 aliphatic heterocycles. The number of ether oxygens (including phenoxy) is 1. The Morgan fingerprint density at radius 2 is 2.20 bits per heavy atom. The molecule has 15 heavy (non-hydrogen) atoms. The molecule has 0 radical (unpaired) electrons. The summed E-state index contributed by atoms with van der Waals surface area (Å²) in [5.41, 5.74) is 1.54. The number of hydrogen-bond donors (Lipinski definition) is 0. The van der Waals surface area contributed by atoms with E-state index in [1.165, 1.54) is 10.5 Å². The highest BCUT2D eigenvalue weighted by molar-refractivity contribution is 9.50. The standard InChI is InChI=1S/C12H15BrOS/c1-8-7-12(2,3)10-6-9(15-13)4-5-11(10)14-8/h4-6,8H,7H2,1-3H3. The summed E-state index contributed by atoms with van der Waals surface area (Å²) >= 11 is 3.41. The molecule has 0 saturated carbocycles. The zero-order valence-corrected chi connectivity index (χ0v) is 11.6. The van der Waals surface area contributed by atoms with Crippen molar-refractivity contribution in [1.82, 2.24) is 0 Å². The Bertz CT molecular complexity index is 376. The van der Waals surface area contributed by atoms with Gasteiger partial charge < -0.3 is 4.74 Å². The minimum atomic E-state index is 0.214. The van der Waals surface area contributed by atoms with Gasteiger partial charge in [-0.25, -0.2) is 0 Å². The molecule has 0 aliphatic carbocycles. The van der Waals surface area contributed by atoms with E-state index in [4.69, 9.17) is 4.74 Å². The van der Waals surface area contributed by atoms with Gasteiger partial charge >= 0.3 is 0 Å². The van der Waals surface area contributed by atoms with Gasteiger partial charge in [-0.1, -0.05) is 13.8 Å². The molecule has 0 N–H and O–H groups in total. The molecule has 3 heteroatoms. The van der Waals surface area contributed by atoms with Crippen LogP contribution in [-0.2, 0) is 5.41 Å². The largest absolute Gasteiger partial charge is 0.490 e. The smallest absolute Gasteiger partial charge is 0.123 e. The van der Waals surface area contributed by atoms with Crippen LogP contribution >= 0.6 is 25.0 Å².